The van der Waals surface area contributed by atoms with Crippen LogP contribution in [0.1, 0.15) is 12.0 Å². The molecule has 2 rings (SSSR count). The molecule has 0 radical (unpaired) electrons. The standard InChI is InChI=1S/C12H14O3.Li/c13-12-7-6-11(15-12)9-14-8-10-4-2-1-3-5-10;/h1-5,7,11,13H,6,8-9H2;/q;+1/p-1/t11-;/m0./s1. The van der Waals surface area contributed by atoms with E-state index < -0.39 is 0 Å². The smallest absolute Gasteiger partial charge is 0.607 e. The van der Waals surface area contributed by atoms with Gasteiger partial charge in [-0.25, -0.2) is 0 Å². The third-order valence-corrected chi connectivity index (χ3v) is 2.25. The van der Waals surface area contributed by atoms with Crippen LogP contribution in [0, 0.1) is 0 Å². The van der Waals surface area contributed by atoms with Gasteiger partial charge in [0, 0.05) is 12.0 Å². The van der Waals surface area contributed by atoms with E-state index in [1.54, 1.807) is 6.08 Å². The van der Waals surface area contributed by atoms with Crippen molar-refractivity contribution in [1.29, 1.82) is 0 Å². The zero-order valence-electron chi connectivity index (χ0n) is 9.39. The van der Waals surface area contributed by atoms with E-state index in [0.717, 1.165) is 5.56 Å². The second-order valence-corrected chi connectivity index (χ2v) is 3.50. The number of rotatable bonds is 4. The van der Waals surface area contributed by atoms with Gasteiger partial charge in [-0.3, -0.25) is 0 Å². The number of benzene rings is 1. The van der Waals surface area contributed by atoms with E-state index in [0.29, 0.717) is 19.6 Å². The van der Waals surface area contributed by atoms with Crippen LogP contribution in [-0.2, 0) is 16.1 Å². The SMILES string of the molecule is [Li+].[O-]C1=CC[C@@H](COCc2ccccc2)O1. The average molecular weight is 212 g/mol. The molecule has 1 aliphatic heterocycles. The zero-order valence-corrected chi connectivity index (χ0v) is 9.39. The Hall–Kier alpha value is -0.883. The fraction of sp³-hybridized carbons (Fsp3) is 0.333. The summed E-state index contributed by atoms with van der Waals surface area (Å²) in [7, 11) is 0. The first-order valence-corrected chi connectivity index (χ1v) is 5.00. The normalized spacial score (nSPS) is 18.5. The molecule has 0 spiro atoms. The van der Waals surface area contributed by atoms with Crippen molar-refractivity contribution in [2.24, 2.45) is 0 Å². The van der Waals surface area contributed by atoms with Crippen molar-refractivity contribution in [1.82, 2.24) is 0 Å². The van der Waals surface area contributed by atoms with Crippen LogP contribution in [0.5, 0.6) is 0 Å². The van der Waals surface area contributed by atoms with Crippen molar-refractivity contribution in [3.8, 4) is 0 Å². The molecule has 0 N–H and O–H groups in total. The maximum atomic E-state index is 10.8. The van der Waals surface area contributed by atoms with E-state index in [2.05, 4.69) is 0 Å². The Morgan fingerprint density at radius 2 is 2.06 bits per heavy atom. The summed E-state index contributed by atoms with van der Waals surface area (Å²) in [5.41, 5.74) is 1.13. The first-order valence-electron chi connectivity index (χ1n) is 5.00. The Morgan fingerprint density at radius 1 is 1.31 bits per heavy atom. The number of hydrogen-bond donors (Lipinski definition) is 0. The molecule has 0 aromatic heterocycles. The van der Waals surface area contributed by atoms with Gasteiger partial charge >= 0.3 is 18.9 Å². The first kappa shape index (κ1) is 13.2. The summed E-state index contributed by atoms with van der Waals surface area (Å²) in [6.45, 7) is 1.03. The molecule has 1 aromatic rings. The van der Waals surface area contributed by atoms with Crippen LogP contribution in [0.25, 0.3) is 0 Å². The molecule has 0 aliphatic carbocycles. The van der Waals surface area contributed by atoms with E-state index in [1.807, 2.05) is 30.3 Å². The molecule has 1 aromatic carbocycles. The van der Waals surface area contributed by atoms with E-state index in [9.17, 15) is 5.11 Å². The molecule has 1 atom stereocenters. The van der Waals surface area contributed by atoms with Crippen LogP contribution in [0.2, 0.25) is 0 Å². The molecule has 0 bridgehead atoms. The summed E-state index contributed by atoms with van der Waals surface area (Å²) in [4.78, 5) is 0. The summed E-state index contributed by atoms with van der Waals surface area (Å²) in [6, 6.07) is 9.93. The Bertz CT molecular complexity index is 337. The van der Waals surface area contributed by atoms with Gasteiger partial charge < -0.3 is 14.6 Å². The molecule has 3 nitrogen and oxygen atoms in total. The van der Waals surface area contributed by atoms with Crippen molar-refractivity contribution in [3.05, 3.63) is 47.9 Å². The summed E-state index contributed by atoms with van der Waals surface area (Å²) < 4.78 is 10.4. The molecular weight excluding hydrogens is 199 g/mol. The largest absolute Gasteiger partial charge is 1.00 e. The van der Waals surface area contributed by atoms with Crippen LogP contribution in [0.4, 0.5) is 0 Å². The second-order valence-electron chi connectivity index (χ2n) is 3.50. The third kappa shape index (κ3) is 3.94. The Balaban J connectivity index is 0.00000128. The van der Waals surface area contributed by atoms with E-state index >= 15 is 0 Å². The van der Waals surface area contributed by atoms with Gasteiger partial charge in [-0.05, 0) is 12.0 Å². The Labute approximate surface area is 107 Å². The minimum absolute atomic E-state index is 0. The average Bonchev–Trinajstić information content (AvgIpc) is 2.66. The predicted octanol–water partition coefficient (Wildman–Crippen LogP) is -1.80. The van der Waals surface area contributed by atoms with Gasteiger partial charge in [0.25, 0.3) is 0 Å². The van der Waals surface area contributed by atoms with Gasteiger partial charge in [0.05, 0.1) is 13.2 Å². The maximum absolute atomic E-state index is 10.8. The predicted molar refractivity (Wildman–Crippen MR) is 53.7 cm³/mol. The molecular formula is C12H13LiO3. The van der Waals surface area contributed by atoms with Crippen molar-refractivity contribution in [2.45, 2.75) is 19.1 Å². The molecule has 16 heavy (non-hydrogen) atoms. The quantitative estimate of drug-likeness (QED) is 0.553. The van der Waals surface area contributed by atoms with Crippen molar-refractivity contribution < 1.29 is 33.4 Å². The van der Waals surface area contributed by atoms with E-state index in [1.165, 1.54) is 0 Å². The summed E-state index contributed by atoms with van der Waals surface area (Å²) in [5.74, 6) is -0.233. The van der Waals surface area contributed by atoms with Crippen LogP contribution < -0.4 is 24.0 Å². The molecule has 0 unspecified atom stereocenters. The number of ether oxygens (including phenoxy) is 2. The monoisotopic (exact) mass is 212 g/mol. The summed E-state index contributed by atoms with van der Waals surface area (Å²) in [6.07, 6.45) is 2.12. The van der Waals surface area contributed by atoms with Crippen LogP contribution >= 0.6 is 0 Å². The summed E-state index contributed by atoms with van der Waals surface area (Å²) >= 11 is 0. The second kappa shape index (κ2) is 6.65. The van der Waals surface area contributed by atoms with Gasteiger partial charge in [-0.2, -0.15) is 0 Å². The molecule has 1 aliphatic rings. The van der Waals surface area contributed by atoms with Gasteiger partial charge in [-0.1, -0.05) is 36.4 Å². The Kier molecular flexibility index (Phi) is 5.48. The zero-order chi connectivity index (χ0) is 10.5. The molecule has 80 valence electrons. The van der Waals surface area contributed by atoms with Crippen molar-refractivity contribution in [2.75, 3.05) is 6.61 Å². The van der Waals surface area contributed by atoms with Gasteiger partial charge in [0.1, 0.15) is 0 Å². The van der Waals surface area contributed by atoms with E-state index in [4.69, 9.17) is 9.47 Å². The maximum Gasteiger partial charge on any atom is 1.00 e. The minimum atomic E-state index is -0.233. The summed E-state index contributed by atoms with van der Waals surface area (Å²) in [5, 5.41) is 10.8. The topological polar surface area (TPSA) is 41.5 Å². The fourth-order valence-corrected chi connectivity index (χ4v) is 1.47. The van der Waals surface area contributed by atoms with Crippen molar-refractivity contribution >= 4 is 0 Å². The molecule has 0 saturated carbocycles. The fourth-order valence-electron chi connectivity index (χ4n) is 1.47. The van der Waals surface area contributed by atoms with Gasteiger partial charge in [0.2, 0.25) is 0 Å². The van der Waals surface area contributed by atoms with Gasteiger partial charge in [0.15, 0.2) is 0 Å². The molecule has 0 saturated heterocycles. The van der Waals surface area contributed by atoms with Crippen LogP contribution in [0.15, 0.2) is 42.4 Å². The van der Waals surface area contributed by atoms with E-state index in [-0.39, 0.29) is 30.9 Å². The Morgan fingerprint density at radius 3 is 2.69 bits per heavy atom. The first-order chi connectivity index (χ1) is 7.34. The molecule has 1 heterocycles. The third-order valence-electron chi connectivity index (χ3n) is 2.25. The van der Waals surface area contributed by atoms with Crippen molar-refractivity contribution in [3.63, 3.8) is 0 Å². The molecule has 4 heteroatoms. The number of hydrogen-bond acceptors (Lipinski definition) is 3. The van der Waals surface area contributed by atoms with Gasteiger partial charge in [-0.15, -0.1) is 0 Å². The van der Waals surface area contributed by atoms with Crippen LogP contribution in [-0.4, -0.2) is 12.7 Å². The molecule has 0 fully saturated rings. The minimum Gasteiger partial charge on any atom is -0.607 e. The molecule has 0 amide bonds. The van der Waals surface area contributed by atoms with Crippen LogP contribution in [0.3, 0.4) is 0 Å².